The number of benzene rings is 3. The van der Waals surface area contributed by atoms with E-state index in [-0.39, 0.29) is 11.8 Å². The minimum Gasteiger partial charge on any atom is -0.434 e. The molecular formula is C30H25N3O5+2. The highest BCUT2D eigenvalue weighted by Gasteiger charge is 2.52. The first-order valence-corrected chi connectivity index (χ1v) is 12.2. The molecule has 188 valence electrons. The predicted molar refractivity (Wildman–Crippen MR) is 138 cm³/mol. The van der Waals surface area contributed by atoms with Crippen LogP contribution >= 0.6 is 0 Å². The number of fused-ring (bicyclic) bond motifs is 4. The van der Waals surface area contributed by atoms with E-state index in [1.165, 1.54) is 16.2 Å². The van der Waals surface area contributed by atoms with E-state index in [1.807, 2.05) is 31.2 Å². The van der Waals surface area contributed by atoms with Crippen LogP contribution in [-0.2, 0) is 14.1 Å². The molecule has 2 unspecified atom stereocenters. The molecule has 3 aromatic carbocycles. The topological polar surface area (TPSA) is 103 Å². The SMILES string of the molecule is Cc1cccc(C(=O)Oc2ccc(C3c4c([n+](C)c(O)n(C)c4=O)[NH+]=C4c5ccccc5C(=O)C43)cc2)c1. The molecule has 0 amide bonds. The normalized spacial score (nSPS) is 17.3. The van der Waals surface area contributed by atoms with Gasteiger partial charge < -0.3 is 9.84 Å². The molecule has 2 heterocycles. The number of aromatic hydroxyl groups is 1. The summed E-state index contributed by atoms with van der Waals surface area (Å²) >= 11 is 0. The zero-order valence-corrected chi connectivity index (χ0v) is 21.1. The minimum absolute atomic E-state index is 0.0773. The summed E-state index contributed by atoms with van der Waals surface area (Å²) in [6.07, 6.45) is 0. The average molecular weight is 508 g/mol. The van der Waals surface area contributed by atoms with Gasteiger partial charge >= 0.3 is 23.4 Å². The molecule has 1 aliphatic heterocycles. The molecule has 8 heteroatoms. The van der Waals surface area contributed by atoms with E-state index >= 15 is 0 Å². The van der Waals surface area contributed by atoms with Crippen LogP contribution < -0.4 is 19.9 Å². The standard InChI is InChI=1S/C30H23N3O5/c1-16-7-6-8-18(15-16)29(36)38-19-13-11-17(12-14-19)22-23-25(20-9-4-5-10-21(20)26(23)34)31-27-24(22)28(35)33(3)30(37)32(27)2/h4-15,22-23H,1-3H3/p+2. The van der Waals surface area contributed by atoms with Crippen molar-refractivity contribution < 1.29 is 29.0 Å². The molecule has 4 aromatic rings. The number of rotatable bonds is 3. The maximum atomic E-state index is 13.7. The van der Waals surface area contributed by atoms with Crippen molar-refractivity contribution in [2.75, 3.05) is 0 Å². The van der Waals surface area contributed by atoms with Crippen molar-refractivity contribution in [3.8, 4) is 11.8 Å². The molecule has 0 spiro atoms. The molecule has 2 N–H and O–H groups in total. The molecule has 1 aromatic heterocycles. The molecule has 38 heavy (non-hydrogen) atoms. The van der Waals surface area contributed by atoms with Crippen molar-refractivity contribution in [1.82, 2.24) is 4.57 Å². The number of carbonyl (C=O) groups is 2. The Kier molecular flexibility index (Phi) is 5.34. The lowest BCUT2D eigenvalue weighted by atomic mass is 9.76. The summed E-state index contributed by atoms with van der Waals surface area (Å²) in [5.74, 6) is -1.02. The summed E-state index contributed by atoms with van der Waals surface area (Å²) in [6, 6.07) is 21.2. The molecule has 0 saturated carbocycles. The van der Waals surface area contributed by atoms with Crippen molar-refractivity contribution in [2.45, 2.75) is 12.8 Å². The van der Waals surface area contributed by atoms with Crippen LogP contribution in [-0.4, -0.2) is 27.1 Å². The van der Waals surface area contributed by atoms with Gasteiger partial charge in [0.25, 0.3) is 0 Å². The van der Waals surface area contributed by atoms with Gasteiger partial charge in [-0.2, -0.15) is 0 Å². The third-order valence-corrected chi connectivity index (χ3v) is 7.40. The van der Waals surface area contributed by atoms with Crippen LogP contribution in [0.3, 0.4) is 0 Å². The molecule has 0 bridgehead atoms. The van der Waals surface area contributed by atoms with E-state index in [1.54, 1.807) is 55.6 Å². The fraction of sp³-hybridized carbons (Fsp3) is 0.167. The van der Waals surface area contributed by atoms with Gasteiger partial charge in [0.05, 0.1) is 5.56 Å². The van der Waals surface area contributed by atoms with E-state index in [0.29, 0.717) is 34.0 Å². The van der Waals surface area contributed by atoms with Crippen molar-refractivity contribution in [1.29, 1.82) is 0 Å². The summed E-state index contributed by atoms with van der Waals surface area (Å²) in [5.41, 5.74) is 4.17. The minimum atomic E-state index is -0.641. The molecule has 2 aliphatic rings. The first-order chi connectivity index (χ1) is 18.3. The Balaban J connectivity index is 1.46. The molecule has 0 radical (unpaired) electrons. The summed E-state index contributed by atoms with van der Waals surface area (Å²) in [7, 11) is 3.16. The van der Waals surface area contributed by atoms with E-state index in [4.69, 9.17) is 4.74 Å². The Morgan fingerprint density at radius 1 is 0.974 bits per heavy atom. The highest BCUT2D eigenvalue weighted by Crippen LogP contribution is 2.42. The zero-order chi connectivity index (χ0) is 26.7. The Morgan fingerprint density at radius 3 is 2.39 bits per heavy atom. The fourth-order valence-corrected chi connectivity index (χ4v) is 5.51. The maximum Gasteiger partial charge on any atom is 0.519 e. The Morgan fingerprint density at radius 2 is 1.68 bits per heavy atom. The van der Waals surface area contributed by atoms with Gasteiger partial charge in [0.1, 0.15) is 31.5 Å². The lowest BCUT2D eigenvalue weighted by Gasteiger charge is -2.24. The number of esters is 1. The zero-order valence-electron chi connectivity index (χ0n) is 21.1. The molecule has 8 nitrogen and oxygen atoms in total. The van der Waals surface area contributed by atoms with Crippen LogP contribution in [0.4, 0.5) is 5.82 Å². The number of aryl methyl sites for hydroxylation is 1. The Labute approximate surface area is 218 Å². The van der Waals surface area contributed by atoms with Gasteiger partial charge in [-0.15, -0.1) is 9.13 Å². The molecule has 1 aliphatic carbocycles. The Bertz CT molecular complexity index is 1750. The molecule has 6 rings (SSSR count). The van der Waals surface area contributed by atoms with Crippen LogP contribution in [0, 0.1) is 12.8 Å². The van der Waals surface area contributed by atoms with Crippen LogP contribution in [0.2, 0.25) is 0 Å². The number of hydrogen-bond donors (Lipinski definition) is 2. The lowest BCUT2D eigenvalue weighted by Crippen LogP contribution is -2.77. The number of nitrogens with one attached hydrogen (secondary N) is 1. The smallest absolute Gasteiger partial charge is 0.434 e. The predicted octanol–water partition coefficient (Wildman–Crippen LogP) is 1.60. The van der Waals surface area contributed by atoms with Crippen molar-refractivity contribution in [3.63, 3.8) is 0 Å². The summed E-state index contributed by atoms with van der Waals surface area (Å²) in [4.78, 5) is 43.1. The maximum absolute atomic E-state index is 13.7. The number of carbonyl (C=O) groups excluding carboxylic acids is 2. The first kappa shape index (κ1) is 23.5. The second-order valence-electron chi connectivity index (χ2n) is 9.72. The van der Waals surface area contributed by atoms with Gasteiger partial charge in [0.2, 0.25) is 0 Å². The molecular weight excluding hydrogens is 482 g/mol. The van der Waals surface area contributed by atoms with Gasteiger partial charge in [-0.05, 0) is 42.8 Å². The summed E-state index contributed by atoms with van der Waals surface area (Å²) in [5, 5.41) is 10.6. The summed E-state index contributed by atoms with van der Waals surface area (Å²) in [6.45, 7) is 1.90. The Hall–Kier alpha value is -4.85. The van der Waals surface area contributed by atoms with Crippen molar-refractivity contribution >= 4 is 23.3 Å². The van der Waals surface area contributed by atoms with Gasteiger partial charge in [-0.1, -0.05) is 48.0 Å². The largest absolute Gasteiger partial charge is 0.519 e. The summed E-state index contributed by atoms with van der Waals surface area (Å²) < 4.78 is 8.26. The van der Waals surface area contributed by atoms with Gasteiger partial charge in [0.15, 0.2) is 11.3 Å². The molecule has 2 atom stereocenters. The second-order valence-corrected chi connectivity index (χ2v) is 9.72. The van der Waals surface area contributed by atoms with Crippen LogP contribution in [0.25, 0.3) is 0 Å². The van der Waals surface area contributed by atoms with E-state index in [9.17, 15) is 19.5 Å². The number of ether oxygens (including phenoxy) is 1. The highest BCUT2D eigenvalue weighted by atomic mass is 16.5. The van der Waals surface area contributed by atoms with Crippen molar-refractivity contribution in [3.05, 3.63) is 117 Å². The quantitative estimate of drug-likeness (QED) is 0.249. The van der Waals surface area contributed by atoms with Crippen LogP contribution in [0.1, 0.15) is 48.9 Å². The van der Waals surface area contributed by atoms with Gasteiger partial charge in [-0.3, -0.25) is 4.79 Å². The third kappa shape index (κ3) is 3.48. The number of hydrogen-bond acceptors (Lipinski definition) is 5. The van der Waals surface area contributed by atoms with Crippen LogP contribution in [0.15, 0.2) is 77.6 Å². The van der Waals surface area contributed by atoms with Crippen molar-refractivity contribution in [2.24, 2.45) is 20.0 Å². The number of ketones is 1. The van der Waals surface area contributed by atoms with E-state index < -0.39 is 23.4 Å². The van der Waals surface area contributed by atoms with Gasteiger partial charge in [0, 0.05) is 17.0 Å². The monoisotopic (exact) mass is 507 g/mol. The van der Waals surface area contributed by atoms with E-state index in [0.717, 1.165) is 16.7 Å². The molecule has 0 fully saturated rings. The molecule has 0 saturated heterocycles. The van der Waals surface area contributed by atoms with E-state index in [2.05, 4.69) is 4.99 Å². The second kappa shape index (κ2) is 8.62. The number of Topliss-reactive ketones (excluding diaryl/α,β-unsaturated/α-hetero) is 1. The third-order valence-electron chi connectivity index (χ3n) is 7.40. The first-order valence-electron chi connectivity index (χ1n) is 12.2. The lowest BCUT2D eigenvalue weighted by molar-refractivity contribution is -0.724. The fourth-order valence-electron chi connectivity index (χ4n) is 5.51. The number of nitrogens with zero attached hydrogens (tertiary/aromatic N) is 2. The highest BCUT2D eigenvalue weighted by molar-refractivity contribution is 6.27. The average Bonchev–Trinajstić information content (AvgIpc) is 3.21. The number of aromatic nitrogens is 2. The van der Waals surface area contributed by atoms with Gasteiger partial charge in [-0.25, -0.2) is 14.6 Å². The van der Waals surface area contributed by atoms with Crippen LogP contribution in [0.5, 0.6) is 11.8 Å².